The Morgan fingerprint density at radius 1 is 1.14 bits per heavy atom. The van der Waals surface area contributed by atoms with Gasteiger partial charge in [0, 0.05) is 25.2 Å². The molecule has 84 valence electrons. The highest BCUT2D eigenvalue weighted by molar-refractivity contribution is 4.79. The first-order valence-electron chi connectivity index (χ1n) is 6.22. The number of piperidine rings is 1. The predicted octanol–water partition coefficient (Wildman–Crippen LogP) is 2.25. The van der Waals surface area contributed by atoms with Crippen LogP contribution in [0.3, 0.4) is 0 Å². The van der Waals surface area contributed by atoms with E-state index in [0.29, 0.717) is 0 Å². The summed E-state index contributed by atoms with van der Waals surface area (Å²) in [4.78, 5) is 2.66. The van der Waals surface area contributed by atoms with Gasteiger partial charge in [-0.25, -0.2) is 0 Å². The average molecular weight is 198 g/mol. The maximum Gasteiger partial charge on any atom is 0.0112 e. The van der Waals surface area contributed by atoms with Crippen molar-refractivity contribution >= 4 is 0 Å². The van der Waals surface area contributed by atoms with Crippen molar-refractivity contribution in [1.29, 1.82) is 0 Å². The molecule has 0 bridgehead atoms. The van der Waals surface area contributed by atoms with Gasteiger partial charge in [0.25, 0.3) is 0 Å². The highest BCUT2D eigenvalue weighted by Gasteiger charge is 2.23. The summed E-state index contributed by atoms with van der Waals surface area (Å²) in [5, 5.41) is 3.48. The molecule has 2 nitrogen and oxygen atoms in total. The fraction of sp³-hybridized carbons (Fsp3) is 1.00. The molecule has 2 atom stereocenters. The van der Waals surface area contributed by atoms with Gasteiger partial charge in [0.2, 0.25) is 0 Å². The van der Waals surface area contributed by atoms with Crippen LogP contribution in [-0.4, -0.2) is 36.6 Å². The van der Waals surface area contributed by atoms with Crippen molar-refractivity contribution in [2.24, 2.45) is 0 Å². The van der Waals surface area contributed by atoms with Gasteiger partial charge in [-0.2, -0.15) is 0 Å². The smallest absolute Gasteiger partial charge is 0.0112 e. The highest BCUT2D eigenvalue weighted by atomic mass is 15.2. The maximum atomic E-state index is 3.48. The van der Waals surface area contributed by atoms with Crippen LogP contribution in [-0.2, 0) is 0 Å². The number of likely N-dealkylation sites (tertiary alicyclic amines) is 1. The molecule has 1 rings (SSSR count). The van der Waals surface area contributed by atoms with E-state index >= 15 is 0 Å². The van der Waals surface area contributed by atoms with E-state index in [2.05, 4.69) is 31.0 Å². The first-order chi connectivity index (χ1) is 6.75. The molecule has 0 aromatic heterocycles. The molecular formula is C12H26N2. The van der Waals surface area contributed by atoms with Crippen LogP contribution in [0.1, 0.15) is 46.5 Å². The number of nitrogens with zero attached hydrogens (tertiary/aromatic N) is 1. The van der Waals surface area contributed by atoms with E-state index in [1.165, 1.54) is 32.2 Å². The summed E-state index contributed by atoms with van der Waals surface area (Å²) in [5.41, 5.74) is 0. The second kappa shape index (κ2) is 6.41. The Bertz CT molecular complexity index is 137. The number of nitrogens with one attached hydrogen (secondary N) is 1. The van der Waals surface area contributed by atoms with E-state index in [-0.39, 0.29) is 0 Å². The number of hydrogen-bond donors (Lipinski definition) is 1. The van der Waals surface area contributed by atoms with E-state index in [1.54, 1.807) is 0 Å². The zero-order chi connectivity index (χ0) is 10.4. The van der Waals surface area contributed by atoms with Crippen LogP contribution in [0.2, 0.25) is 0 Å². The molecule has 0 saturated carbocycles. The standard InChI is InChI=1S/C12H26N2/c1-4-8-13-9-10-14-11(2)6-5-7-12(14)3/h11-13H,4-10H2,1-3H3. The van der Waals surface area contributed by atoms with Crippen LogP contribution in [0.5, 0.6) is 0 Å². The second-order valence-electron chi connectivity index (χ2n) is 4.62. The van der Waals surface area contributed by atoms with Gasteiger partial charge in [-0.3, -0.25) is 4.90 Å². The van der Waals surface area contributed by atoms with Gasteiger partial charge in [0.1, 0.15) is 0 Å². The molecule has 0 spiro atoms. The predicted molar refractivity (Wildman–Crippen MR) is 62.6 cm³/mol. The third kappa shape index (κ3) is 3.58. The summed E-state index contributed by atoms with van der Waals surface area (Å²) in [6.45, 7) is 10.5. The zero-order valence-corrected chi connectivity index (χ0v) is 10.1. The number of rotatable bonds is 5. The molecular weight excluding hydrogens is 172 g/mol. The van der Waals surface area contributed by atoms with Gasteiger partial charge in [-0.15, -0.1) is 0 Å². The van der Waals surface area contributed by atoms with Gasteiger partial charge >= 0.3 is 0 Å². The lowest BCUT2D eigenvalue weighted by molar-refractivity contribution is 0.105. The Kier molecular flexibility index (Phi) is 5.49. The van der Waals surface area contributed by atoms with E-state index in [0.717, 1.165) is 25.2 Å². The summed E-state index contributed by atoms with van der Waals surface area (Å²) in [5.74, 6) is 0. The fourth-order valence-corrected chi connectivity index (χ4v) is 2.43. The van der Waals surface area contributed by atoms with Crippen LogP contribution in [0, 0.1) is 0 Å². The highest BCUT2D eigenvalue weighted by Crippen LogP contribution is 2.21. The minimum absolute atomic E-state index is 0.794. The van der Waals surface area contributed by atoms with Crippen molar-refractivity contribution in [3.8, 4) is 0 Å². The average Bonchev–Trinajstić information content (AvgIpc) is 2.16. The summed E-state index contributed by atoms with van der Waals surface area (Å²) in [6.07, 6.45) is 5.43. The van der Waals surface area contributed by atoms with Gasteiger partial charge in [0.05, 0.1) is 0 Å². The van der Waals surface area contributed by atoms with Crippen molar-refractivity contribution < 1.29 is 0 Å². The third-order valence-electron chi connectivity index (χ3n) is 3.35. The molecule has 0 aromatic carbocycles. The van der Waals surface area contributed by atoms with Gasteiger partial charge in [0.15, 0.2) is 0 Å². The maximum absolute atomic E-state index is 3.48. The summed E-state index contributed by atoms with van der Waals surface area (Å²) in [6, 6.07) is 1.59. The Morgan fingerprint density at radius 2 is 1.79 bits per heavy atom. The van der Waals surface area contributed by atoms with E-state index in [4.69, 9.17) is 0 Å². The minimum Gasteiger partial charge on any atom is -0.315 e. The van der Waals surface area contributed by atoms with Crippen LogP contribution < -0.4 is 5.32 Å². The summed E-state index contributed by atoms with van der Waals surface area (Å²) >= 11 is 0. The molecule has 1 aliphatic heterocycles. The van der Waals surface area contributed by atoms with Crippen molar-refractivity contribution in [2.75, 3.05) is 19.6 Å². The van der Waals surface area contributed by atoms with Crippen molar-refractivity contribution in [2.45, 2.75) is 58.5 Å². The number of hydrogen-bond acceptors (Lipinski definition) is 2. The molecule has 2 unspecified atom stereocenters. The Balaban J connectivity index is 2.19. The zero-order valence-electron chi connectivity index (χ0n) is 10.1. The van der Waals surface area contributed by atoms with Crippen LogP contribution in [0.4, 0.5) is 0 Å². The molecule has 1 heterocycles. The monoisotopic (exact) mass is 198 g/mol. The third-order valence-corrected chi connectivity index (χ3v) is 3.35. The topological polar surface area (TPSA) is 15.3 Å². The summed E-state index contributed by atoms with van der Waals surface area (Å²) in [7, 11) is 0. The lowest BCUT2D eigenvalue weighted by Gasteiger charge is -2.39. The van der Waals surface area contributed by atoms with E-state index in [9.17, 15) is 0 Å². The fourth-order valence-electron chi connectivity index (χ4n) is 2.43. The molecule has 14 heavy (non-hydrogen) atoms. The Morgan fingerprint density at radius 3 is 2.36 bits per heavy atom. The molecule has 1 fully saturated rings. The van der Waals surface area contributed by atoms with E-state index in [1.807, 2.05) is 0 Å². The molecule has 0 aromatic rings. The van der Waals surface area contributed by atoms with Gasteiger partial charge in [-0.05, 0) is 39.7 Å². The molecule has 1 N–H and O–H groups in total. The van der Waals surface area contributed by atoms with Crippen molar-refractivity contribution in [3.63, 3.8) is 0 Å². The Labute approximate surface area is 89.1 Å². The summed E-state index contributed by atoms with van der Waals surface area (Å²) < 4.78 is 0. The Hall–Kier alpha value is -0.0800. The molecule has 1 saturated heterocycles. The van der Waals surface area contributed by atoms with Gasteiger partial charge < -0.3 is 5.32 Å². The largest absolute Gasteiger partial charge is 0.315 e. The van der Waals surface area contributed by atoms with Crippen LogP contribution in [0.15, 0.2) is 0 Å². The first-order valence-corrected chi connectivity index (χ1v) is 6.22. The first kappa shape index (κ1) is 12.0. The van der Waals surface area contributed by atoms with Gasteiger partial charge in [-0.1, -0.05) is 13.3 Å². The normalized spacial score (nSPS) is 29.4. The van der Waals surface area contributed by atoms with Crippen LogP contribution in [0.25, 0.3) is 0 Å². The van der Waals surface area contributed by atoms with Crippen molar-refractivity contribution in [1.82, 2.24) is 10.2 Å². The quantitative estimate of drug-likeness (QED) is 0.682. The second-order valence-corrected chi connectivity index (χ2v) is 4.62. The minimum atomic E-state index is 0.794. The SMILES string of the molecule is CCCNCCN1C(C)CCCC1C. The van der Waals surface area contributed by atoms with Crippen LogP contribution >= 0.6 is 0 Å². The molecule has 0 amide bonds. The lowest BCUT2D eigenvalue weighted by atomic mass is 9.98. The lowest BCUT2D eigenvalue weighted by Crippen LogP contribution is -2.46. The molecule has 0 radical (unpaired) electrons. The van der Waals surface area contributed by atoms with E-state index < -0.39 is 0 Å². The van der Waals surface area contributed by atoms with Crippen molar-refractivity contribution in [3.05, 3.63) is 0 Å². The molecule has 0 aliphatic carbocycles. The molecule has 1 aliphatic rings. The molecule has 2 heteroatoms.